The van der Waals surface area contributed by atoms with Crippen LogP contribution in [0.25, 0.3) is 0 Å². The van der Waals surface area contributed by atoms with Crippen LogP contribution in [0.5, 0.6) is 11.5 Å². The Hall–Kier alpha value is -1.30. The molecule has 0 aliphatic heterocycles. The lowest BCUT2D eigenvalue weighted by Gasteiger charge is -2.26. The van der Waals surface area contributed by atoms with E-state index in [1.54, 1.807) is 14.2 Å². The number of rotatable bonds is 11. The van der Waals surface area contributed by atoms with Gasteiger partial charge in [-0.1, -0.05) is 19.1 Å². The molecule has 0 amide bonds. The van der Waals surface area contributed by atoms with Gasteiger partial charge in [-0.15, -0.1) is 0 Å². The summed E-state index contributed by atoms with van der Waals surface area (Å²) in [4.78, 5) is 2.21. The van der Waals surface area contributed by atoms with Crippen LogP contribution in [0.2, 0.25) is 0 Å². The molecule has 0 aromatic heterocycles. The van der Waals surface area contributed by atoms with Crippen molar-refractivity contribution in [2.24, 2.45) is 0 Å². The fraction of sp³-hybridized carbons (Fsp3) is 0.667. The molecule has 0 bridgehead atoms. The average molecular weight is 325 g/mol. The lowest BCUT2D eigenvalue weighted by atomic mass is 10.1. The van der Waals surface area contributed by atoms with Crippen molar-refractivity contribution in [3.05, 3.63) is 23.8 Å². The number of aliphatic hydroxyl groups is 1. The third kappa shape index (κ3) is 6.77. The Morgan fingerprint density at radius 2 is 1.91 bits per heavy atom. The summed E-state index contributed by atoms with van der Waals surface area (Å²) in [5, 5.41) is 10.2. The maximum Gasteiger partial charge on any atom is 0.165 e. The molecular formula is C18H31NO4. The number of aliphatic hydroxyl groups excluding tert-OH is 1. The Balaban J connectivity index is 2.75. The van der Waals surface area contributed by atoms with Crippen LogP contribution in [0.1, 0.15) is 32.8 Å². The van der Waals surface area contributed by atoms with E-state index in [9.17, 15) is 5.11 Å². The molecule has 0 saturated heterocycles. The summed E-state index contributed by atoms with van der Waals surface area (Å²) in [6.45, 7) is 8.60. The van der Waals surface area contributed by atoms with E-state index in [0.29, 0.717) is 19.7 Å². The monoisotopic (exact) mass is 325 g/mol. The smallest absolute Gasteiger partial charge is 0.165 e. The predicted molar refractivity (Wildman–Crippen MR) is 92.2 cm³/mol. The van der Waals surface area contributed by atoms with Gasteiger partial charge in [0.05, 0.1) is 33.0 Å². The van der Waals surface area contributed by atoms with Crippen LogP contribution >= 0.6 is 0 Å². The summed E-state index contributed by atoms with van der Waals surface area (Å²) in [5.41, 5.74) is 1.05. The predicted octanol–water partition coefficient (Wildman–Crippen LogP) is 2.70. The summed E-state index contributed by atoms with van der Waals surface area (Å²) >= 11 is 0. The Bertz CT molecular complexity index is 451. The molecule has 1 N–H and O–H groups in total. The van der Waals surface area contributed by atoms with E-state index in [1.807, 2.05) is 32.0 Å². The highest BCUT2D eigenvalue weighted by atomic mass is 16.5. The van der Waals surface area contributed by atoms with Gasteiger partial charge in [0.15, 0.2) is 11.5 Å². The first-order chi connectivity index (χ1) is 11.0. The second-order valence-electron chi connectivity index (χ2n) is 5.92. The zero-order valence-electron chi connectivity index (χ0n) is 15.0. The SMILES string of the molecule is CCCN(Cc1cccc(OC)c1OC)CC(O)COC(C)C. The molecule has 1 rings (SSSR count). The molecule has 0 aliphatic rings. The Kier molecular flexibility index (Phi) is 8.99. The summed E-state index contributed by atoms with van der Waals surface area (Å²) in [7, 11) is 3.29. The molecule has 0 aliphatic carbocycles. The molecule has 5 heteroatoms. The van der Waals surface area contributed by atoms with E-state index in [1.165, 1.54) is 0 Å². The fourth-order valence-electron chi connectivity index (χ4n) is 2.52. The number of methoxy groups -OCH3 is 2. The van der Waals surface area contributed by atoms with Gasteiger partial charge in [0.1, 0.15) is 0 Å². The van der Waals surface area contributed by atoms with Gasteiger partial charge in [-0.3, -0.25) is 4.90 Å². The van der Waals surface area contributed by atoms with E-state index in [4.69, 9.17) is 14.2 Å². The molecule has 0 radical (unpaired) electrons. The van der Waals surface area contributed by atoms with E-state index >= 15 is 0 Å². The molecule has 1 aromatic carbocycles. The van der Waals surface area contributed by atoms with Crippen molar-refractivity contribution in [3.8, 4) is 11.5 Å². The number of ether oxygens (including phenoxy) is 3. The van der Waals surface area contributed by atoms with Gasteiger partial charge in [0.2, 0.25) is 0 Å². The van der Waals surface area contributed by atoms with Gasteiger partial charge in [-0.05, 0) is 32.9 Å². The standard InChI is InChI=1S/C18H31NO4/c1-6-10-19(12-16(20)13-23-14(2)3)11-15-8-7-9-17(21-4)18(15)22-5/h7-9,14,16,20H,6,10-13H2,1-5H3. The molecule has 1 atom stereocenters. The van der Waals surface area contributed by atoms with Gasteiger partial charge in [0.25, 0.3) is 0 Å². The summed E-state index contributed by atoms with van der Waals surface area (Å²) in [5.74, 6) is 1.48. The zero-order chi connectivity index (χ0) is 17.2. The van der Waals surface area contributed by atoms with E-state index in [2.05, 4.69) is 11.8 Å². The van der Waals surface area contributed by atoms with E-state index in [0.717, 1.165) is 30.0 Å². The summed E-state index contributed by atoms with van der Waals surface area (Å²) in [6.07, 6.45) is 0.646. The third-order valence-corrected chi connectivity index (χ3v) is 3.51. The normalized spacial score (nSPS) is 12.7. The molecule has 1 unspecified atom stereocenters. The second-order valence-corrected chi connectivity index (χ2v) is 5.92. The zero-order valence-corrected chi connectivity index (χ0v) is 15.0. The average Bonchev–Trinajstić information content (AvgIpc) is 2.52. The molecule has 1 aromatic rings. The first kappa shape index (κ1) is 19.7. The van der Waals surface area contributed by atoms with Crippen LogP contribution in [0.3, 0.4) is 0 Å². The van der Waals surface area contributed by atoms with Gasteiger partial charge in [-0.2, -0.15) is 0 Å². The maximum atomic E-state index is 10.2. The molecule has 0 saturated carbocycles. The van der Waals surface area contributed by atoms with Crippen LogP contribution in [0, 0.1) is 0 Å². The van der Waals surface area contributed by atoms with Crippen LogP contribution in [0.4, 0.5) is 0 Å². The molecule has 0 spiro atoms. The fourth-order valence-corrected chi connectivity index (χ4v) is 2.52. The largest absolute Gasteiger partial charge is 0.493 e. The molecule has 0 heterocycles. The van der Waals surface area contributed by atoms with Gasteiger partial charge in [0, 0.05) is 18.7 Å². The van der Waals surface area contributed by atoms with Gasteiger partial charge in [-0.25, -0.2) is 0 Å². The lowest BCUT2D eigenvalue weighted by molar-refractivity contribution is -0.00956. The topological polar surface area (TPSA) is 51.2 Å². The van der Waals surface area contributed by atoms with E-state index < -0.39 is 6.10 Å². The number of hydrogen-bond acceptors (Lipinski definition) is 5. The number of benzene rings is 1. The van der Waals surface area contributed by atoms with Crippen molar-refractivity contribution in [1.29, 1.82) is 0 Å². The first-order valence-electron chi connectivity index (χ1n) is 8.23. The van der Waals surface area contributed by atoms with Crippen LogP contribution in [-0.4, -0.2) is 56.1 Å². The van der Waals surface area contributed by atoms with Crippen molar-refractivity contribution >= 4 is 0 Å². The van der Waals surface area contributed by atoms with Crippen LogP contribution in [-0.2, 0) is 11.3 Å². The highest BCUT2D eigenvalue weighted by Gasteiger charge is 2.16. The number of para-hydroxylation sites is 1. The molecule has 132 valence electrons. The second kappa shape index (κ2) is 10.5. The Labute approximate surface area is 140 Å². The Morgan fingerprint density at radius 1 is 1.17 bits per heavy atom. The third-order valence-electron chi connectivity index (χ3n) is 3.51. The van der Waals surface area contributed by atoms with Gasteiger partial charge >= 0.3 is 0 Å². The molecule has 0 fully saturated rings. The minimum atomic E-state index is -0.499. The van der Waals surface area contributed by atoms with Crippen LogP contribution in [0.15, 0.2) is 18.2 Å². The quantitative estimate of drug-likeness (QED) is 0.678. The van der Waals surface area contributed by atoms with E-state index in [-0.39, 0.29) is 6.10 Å². The highest BCUT2D eigenvalue weighted by Crippen LogP contribution is 2.31. The number of nitrogens with zero attached hydrogens (tertiary/aromatic N) is 1. The van der Waals surface area contributed by atoms with Crippen LogP contribution < -0.4 is 9.47 Å². The van der Waals surface area contributed by atoms with Crippen molar-refractivity contribution < 1.29 is 19.3 Å². The molecule has 23 heavy (non-hydrogen) atoms. The number of hydrogen-bond donors (Lipinski definition) is 1. The molecular weight excluding hydrogens is 294 g/mol. The Morgan fingerprint density at radius 3 is 2.48 bits per heavy atom. The van der Waals surface area contributed by atoms with Crippen molar-refractivity contribution in [1.82, 2.24) is 4.90 Å². The summed E-state index contributed by atoms with van der Waals surface area (Å²) < 4.78 is 16.3. The summed E-state index contributed by atoms with van der Waals surface area (Å²) in [6, 6.07) is 5.87. The maximum absolute atomic E-state index is 10.2. The minimum Gasteiger partial charge on any atom is -0.493 e. The van der Waals surface area contributed by atoms with Crippen molar-refractivity contribution in [3.63, 3.8) is 0 Å². The van der Waals surface area contributed by atoms with Gasteiger partial charge < -0.3 is 19.3 Å². The molecule has 5 nitrogen and oxygen atoms in total. The van der Waals surface area contributed by atoms with Crippen molar-refractivity contribution in [2.75, 3.05) is 33.9 Å². The lowest BCUT2D eigenvalue weighted by Crippen LogP contribution is -2.35. The van der Waals surface area contributed by atoms with Crippen molar-refractivity contribution in [2.45, 2.75) is 45.9 Å². The minimum absolute atomic E-state index is 0.128. The first-order valence-corrected chi connectivity index (χ1v) is 8.23. The highest BCUT2D eigenvalue weighted by molar-refractivity contribution is 5.46.